The average Bonchev–Trinajstić information content (AvgIpc) is 2.59. The molecule has 0 aliphatic rings. The molecule has 1 heterocycles. The molecule has 25 heavy (non-hydrogen) atoms. The van der Waals surface area contributed by atoms with Crippen molar-refractivity contribution >= 4 is 22.5 Å². The van der Waals surface area contributed by atoms with E-state index in [1.54, 1.807) is 19.1 Å². The highest BCUT2D eigenvalue weighted by Gasteiger charge is 2.17. The molecule has 0 aliphatic carbocycles. The summed E-state index contributed by atoms with van der Waals surface area (Å²) in [5, 5.41) is 3.74. The third kappa shape index (κ3) is 3.55. The van der Waals surface area contributed by atoms with Crippen LogP contribution in [0.15, 0.2) is 53.3 Å². The number of aryl methyl sites for hydroxylation is 1. The number of anilines is 1. The fourth-order valence-corrected chi connectivity index (χ4v) is 2.61. The van der Waals surface area contributed by atoms with Gasteiger partial charge in [-0.2, -0.15) is 0 Å². The van der Waals surface area contributed by atoms with E-state index in [-0.39, 0.29) is 11.5 Å². The second-order valence-electron chi connectivity index (χ2n) is 6.04. The van der Waals surface area contributed by atoms with Crippen LogP contribution >= 0.6 is 0 Å². The van der Waals surface area contributed by atoms with Gasteiger partial charge in [-0.25, -0.2) is 0 Å². The van der Waals surface area contributed by atoms with Gasteiger partial charge in [0, 0.05) is 17.1 Å². The third-order valence-electron chi connectivity index (χ3n) is 4.26. The van der Waals surface area contributed by atoms with E-state index < -0.39 is 6.10 Å². The summed E-state index contributed by atoms with van der Waals surface area (Å²) in [5.74, 6) is 0.225. The third-order valence-corrected chi connectivity index (χ3v) is 4.26. The SMILES string of the molecule is Cc1cccc(NC(=O)C(C)Oc2cccc3ccc(=O)[nH]c23)c1C. The molecular formula is C20H20N2O3. The molecule has 1 amide bonds. The highest BCUT2D eigenvalue weighted by molar-refractivity contribution is 5.95. The zero-order valence-corrected chi connectivity index (χ0v) is 14.4. The fourth-order valence-electron chi connectivity index (χ4n) is 2.61. The number of pyridine rings is 1. The summed E-state index contributed by atoms with van der Waals surface area (Å²) in [6.07, 6.45) is -0.714. The first-order chi connectivity index (χ1) is 12.0. The monoisotopic (exact) mass is 336 g/mol. The van der Waals surface area contributed by atoms with Gasteiger partial charge in [-0.15, -0.1) is 0 Å². The van der Waals surface area contributed by atoms with Gasteiger partial charge in [-0.1, -0.05) is 24.3 Å². The van der Waals surface area contributed by atoms with Crippen molar-refractivity contribution < 1.29 is 9.53 Å². The van der Waals surface area contributed by atoms with Gasteiger partial charge in [-0.3, -0.25) is 9.59 Å². The van der Waals surface area contributed by atoms with Crippen molar-refractivity contribution in [2.45, 2.75) is 26.9 Å². The van der Waals surface area contributed by atoms with Crippen LogP contribution in [0.5, 0.6) is 5.75 Å². The molecule has 1 unspecified atom stereocenters. The normalized spacial score (nSPS) is 12.0. The Morgan fingerprint density at radius 3 is 2.64 bits per heavy atom. The lowest BCUT2D eigenvalue weighted by atomic mass is 10.1. The maximum Gasteiger partial charge on any atom is 0.265 e. The maximum absolute atomic E-state index is 12.5. The lowest BCUT2D eigenvalue weighted by molar-refractivity contribution is -0.122. The van der Waals surface area contributed by atoms with Gasteiger partial charge in [0.25, 0.3) is 5.91 Å². The summed E-state index contributed by atoms with van der Waals surface area (Å²) in [7, 11) is 0. The van der Waals surface area contributed by atoms with Crippen LogP contribution in [0.1, 0.15) is 18.1 Å². The second-order valence-corrected chi connectivity index (χ2v) is 6.04. The molecule has 5 nitrogen and oxygen atoms in total. The summed E-state index contributed by atoms with van der Waals surface area (Å²) in [6.45, 7) is 5.64. The summed E-state index contributed by atoms with van der Waals surface area (Å²) >= 11 is 0. The first kappa shape index (κ1) is 16.8. The number of carbonyl (C=O) groups excluding carboxylic acids is 1. The Bertz CT molecular complexity index is 992. The predicted molar refractivity (Wildman–Crippen MR) is 99.2 cm³/mol. The summed E-state index contributed by atoms with van der Waals surface area (Å²) < 4.78 is 5.80. The Hall–Kier alpha value is -3.08. The number of aromatic amines is 1. The van der Waals surface area contributed by atoms with Crippen molar-refractivity contribution in [1.82, 2.24) is 4.98 Å². The summed E-state index contributed by atoms with van der Waals surface area (Å²) in [5.41, 5.74) is 3.28. The minimum atomic E-state index is -0.714. The Morgan fingerprint density at radius 2 is 1.84 bits per heavy atom. The number of carbonyl (C=O) groups is 1. The molecule has 0 aliphatic heterocycles. The van der Waals surface area contributed by atoms with Gasteiger partial charge in [-0.05, 0) is 50.1 Å². The van der Waals surface area contributed by atoms with Crippen LogP contribution in [-0.4, -0.2) is 17.0 Å². The average molecular weight is 336 g/mol. The number of ether oxygens (including phenoxy) is 1. The fraction of sp³-hybridized carbons (Fsp3) is 0.200. The minimum absolute atomic E-state index is 0.212. The van der Waals surface area contributed by atoms with E-state index in [4.69, 9.17) is 4.74 Å². The molecule has 0 saturated carbocycles. The number of benzene rings is 2. The summed E-state index contributed by atoms with van der Waals surface area (Å²) in [6, 6.07) is 14.4. The van der Waals surface area contributed by atoms with Crippen molar-refractivity contribution in [1.29, 1.82) is 0 Å². The largest absolute Gasteiger partial charge is 0.479 e. The Kier molecular flexibility index (Phi) is 4.57. The Morgan fingerprint density at radius 1 is 1.08 bits per heavy atom. The topological polar surface area (TPSA) is 71.2 Å². The number of H-pyrrole nitrogens is 1. The van der Waals surface area contributed by atoms with Crippen LogP contribution in [0.25, 0.3) is 10.9 Å². The first-order valence-corrected chi connectivity index (χ1v) is 8.11. The number of hydrogen-bond donors (Lipinski definition) is 2. The quantitative estimate of drug-likeness (QED) is 0.765. The van der Waals surface area contributed by atoms with E-state index in [0.717, 1.165) is 22.2 Å². The van der Waals surface area contributed by atoms with E-state index >= 15 is 0 Å². The Labute approximate surface area is 145 Å². The van der Waals surface area contributed by atoms with Crippen molar-refractivity contribution in [2.24, 2.45) is 0 Å². The van der Waals surface area contributed by atoms with Gasteiger partial charge >= 0.3 is 0 Å². The number of amides is 1. The van der Waals surface area contributed by atoms with Crippen LogP contribution in [0.2, 0.25) is 0 Å². The Balaban J connectivity index is 1.81. The minimum Gasteiger partial charge on any atom is -0.479 e. The van der Waals surface area contributed by atoms with Gasteiger partial charge in [0.15, 0.2) is 6.10 Å². The van der Waals surface area contributed by atoms with Crippen molar-refractivity contribution in [3.05, 3.63) is 70.0 Å². The van der Waals surface area contributed by atoms with Crippen LogP contribution in [0.3, 0.4) is 0 Å². The second kappa shape index (κ2) is 6.81. The molecule has 128 valence electrons. The van der Waals surface area contributed by atoms with Crippen LogP contribution in [-0.2, 0) is 4.79 Å². The molecule has 1 aromatic heterocycles. The van der Waals surface area contributed by atoms with Gasteiger partial charge < -0.3 is 15.0 Å². The number of para-hydroxylation sites is 1. The lowest BCUT2D eigenvalue weighted by Gasteiger charge is -2.17. The maximum atomic E-state index is 12.5. The molecule has 0 spiro atoms. The molecule has 0 saturated heterocycles. The smallest absolute Gasteiger partial charge is 0.265 e. The molecule has 2 aromatic carbocycles. The lowest BCUT2D eigenvalue weighted by Crippen LogP contribution is -2.30. The molecule has 5 heteroatoms. The number of fused-ring (bicyclic) bond motifs is 1. The van der Waals surface area contributed by atoms with Crippen LogP contribution in [0.4, 0.5) is 5.69 Å². The predicted octanol–water partition coefficient (Wildman–Crippen LogP) is 3.55. The first-order valence-electron chi connectivity index (χ1n) is 8.11. The van der Waals surface area contributed by atoms with E-state index in [1.165, 1.54) is 6.07 Å². The molecular weight excluding hydrogens is 316 g/mol. The molecule has 2 N–H and O–H groups in total. The zero-order valence-electron chi connectivity index (χ0n) is 14.4. The number of aromatic nitrogens is 1. The van der Waals surface area contributed by atoms with Gasteiger partial charge in [0.2, 0.25) is 5.56 Å². The van der Waals surface area contributed by atoms with E-state index in [9.17, 15) is 9.59 Å². The number of nitrogens with one attached hydrogen (secondary N) is 2. The molecule has 0 fully saturated rings. The number of hydrogen-bond acceptors (Lipinski definition) is 3. The molecule has 0 radical (unpaired) electrons. The van der Waals surface area contributed by atoms with Crippen LogP contribution < -0.4 is 15.6 Å². The number of rotatable bonds is 4. The molecule has 3 rings (SSSR count). The highest BCUT2D eigenvalue weighted by Crippen LogP contribution is 2.24. The van der Waals surface area contributed by atoms with Crippen molar-refractivity contribution in [2.75, 3.05) is 5.32 Å². The van der Waals surface area contributed by atoms with Crippen molar-refractivity contribution in [3.63, 3.8) is 0 Å². The zero-order chi connectivity index (χ0) is 18.0. The molecule has 3 aromatic rings. The van der Waals surface area contributed by atoms with E-state index in [2.05, 4.69) is 10.3 Å². The van der Waals surface area contributed by atoms with Crippen molar-refractivity contribution in [3.8, 4) is 5.75 Å². The summed E-state index contributed by atoms with van der Waals surface area (Å²) in [4.78, 5) is 26.8. The van der Waals surface area contributed by atoms with E-state index in [0.29, 0.717) is 11.3 Å². The van der Waals surface area contributed by atoms with E-state index in [1.807, 2.05) is 44.2 Å². The van der Waals surface area contributed by atoms with Gasteiger partial charge in [0.05, 0.1) is 5.52 Å². The highest BCUT2D eigenvalue weighted by atomic mass is 16.5. The molecule has 0 bridgehead atoms. The molecule has 1 atom stereocenters. The van der Waals surface area contributed by atoms with Crippen LogP contribution in [0, 0.1) is 13.8 Å². The van der Waals surface area contributed by atoms with Gasteiger partial charge in [0.1, 0.15) is 5.75 Å². The standard InChI is InChI=1S/C20H20N2O3/c1-12-6-4-8-16(13(12)2)21-20(24)14(3)25-17-9-5-7-15-10-11-18(23)22-19(15)17/h4-11,14H,1-3H3,(H,21,24)(H,22,23).